The van der Waals surface area contributed by atoms with Crippen LogP contribution in [0.4, 0.5) is 0 Å². The second-order valence-electron chi connectivity index (χ2n) is 4.79. The first kappa shape index (κ1) is 11.1. The zero-order chi connectivity index (χ0) is 12.7. The average Bonchev–Trinajstić information content (AvgIpc) is 2.56. The topological polar surface area (TPSA) is 69.6 Å². The number of hydrogen-bond acceptors (Lipinski definition) is 3. The van der Waals surface area contributed by atoms with Gasteiger partial charge < -0.3 is 15.3 Å². The van der Waals surface area contributed by atoms with E-state index in [2.05, 4.69) is 5.32 Å². The first-order chi connectivity index (χ1) is 8.65. The molecule has 0 saturated carbocycles. The molecule has 3 aliphatic rings. The number of hydrogen-bond donors (Lipinski definition) is 2. The summed E-state index contributed by atoms with van der Waals surface area (Å²) in [6.45, 7) is -0.00374. The summed E-state index contributed by atoms with van der Waals surface area (Å²) < 4.78 is 0. The van der Waals surface area contributed by atoms with E-state index in [1.54, 1.807) is 0 Å². The minimum atomic E-state index is -0.836. The second kappa shape index (κ2) is 4.01. The Hall–Kier alpha value is -2.04. The number of amides is 1. The summed E-state index contributed by atoms with van der Waals surface area (Å²) in [5, 5.41) is 11.8. The number of nitrogens with zero attached hydrogens (tertiary/aromatic N) is 1. The van der Waals surface area contributed by atoms with Crippen LogP contribution in [0.2, 0.25) is 0 Å². The van der Waals surface area contributed by atoms with Gasteiger partial charge >= 0.3 is 5.97 Å². The van der Waals surface area contributed by atoms with Crippen LogP contribution in [0, 0.1) is 5.92 Å². The summed E-state index contributed by atoms with van der Waals surface area (Å²) in [7, 11) is 0. The molecule has 5 heteroatoms. The highest BCUT2D eigenvalue weighted by Gasteiger charge is 2.39. The molecule has 0 bridgehead atoms. The normalized spacial score (nSPS) is 29.1. The van der Waals surface area contributed by atoms with E-state index in [4.69, 9.17) is 5.11 Å². The molecule has 2 N–H and O–H groups in total. The molecule has 0 aromatic rings. The van der Waals surface area contributed by atoms with Gasteiger partial charge in [0.05, 0.1) is 6.04 Å². The number of carbonyl (C=O) groups excluding carboxylic acids is 1. The Kier molecular flexibility index (Phi) is 2.47. The van der Waals surface area contributed by atoms with Crippen molar-refractivity contribution in [1.82, 2.24) is 10.2 Å². The average molecular weight is 246 g/mol. The minimum absolute atomic E-state index is 0.00374. The first-order valence-electron chi connectivity index (χ1n) is 6.01. The predicted octanol–water partition coefficient (Wildman–Crippen LogP) is 0.619. The van der Waals surface area contributed by atoms with Gasteiger partial charge in [0, 0.05) is 24.2 Å². The van der Waals surface area contributed by atoms with Crippen molar-refractivity contribution in [3.8, 4) is 0 Å². The lowest BCUT2D eigenvalue weighted by Crippen LogP contribution is -2.38. The van der Waals surface area contributed by atoms with Crippen LogP contribution in [0.25, 0.3) is 0 Å². The Bertz CT molecular complexity index is 504. The van der Waals surface area contributed by atoms with Gasteiger partial charge in [0.2, 0.25) is 5.91 Å². The molecule has 94 valence electrons. The summed E-state index contributed by atoms with van der Waals surface area (Å²) in [4.78, 5) is 24.3. The lowest BCUT2D eigenvalue weighted by molar-refractivity contribution is -0.138. The van der Waals surface area contributed by atoms with E-state index in [1.165, 1.54) is 0 Å². The molecule has 1 aliphatic carbocycles. The largest absolute Gasteiger partial charge is 0.480 e. The Morgan fingerprint density at radius 1 is 1.50 bits per heavy atom. The molecule has 1 saturated heterocycles. The molecule has 0 radical (unpaired) electrons. The Morgan fingerprint density at radius 3 is 3.11 bits per heavy atom. The van der Waals surface area contributed by atoms with E-state index in [1.807, 2.05) is 29.3 Å². The van der Waals surface area contributed by atoms with Crippen molar-refractivity contribution in [2.45, 2.75) is 18.9 Å². The Balaban J connectivity index is 1.94. The molecule has 1 amide bonds. The van der Waals surface area contributed by atoms with Crippen LogP contribution >= 0.6 is 0 Å². The van der Waals surface area contributed by atoms with Crippen molar-refractivity contribution < 1.29 is 14.7 Å². The summed E-state index contributed by atoms with van der Waals surface area (Å²) in [6.07, 6.45) is 8.86. The van der Waals surface area contributed by atoms with Crippen molar-refractivity contribution in [3.63, 3.8) is 0 Å². The third-order valence-corrected chi connectivity index (χ3v) is 3.62. The SMILES string of the molecule is O=C(O)CN1C=C2CCC(=O)NC3=CC=CC1C23. The van der Waals surface area contributed by atoms with Gasteiger partial charge in [-0.2, -0.15) is 0 Å². The number of carboxylic acids is 1. The number of nitrogens with one attached hydrogen (secondary N) is 1. The highest BCUT2D eigenvalue weighted by molar-refractivity contribution is 5.79. The van der Waals surface area contributed by atoms with Gasteiger partial charge in [-0.05, 0) is 18.1 Å². The monoisotopic (exact) mass is 246 g/mol. The first-order valence-corrected chi connectivity index (χ1v) is 6.01. The third kappa shape index (κ3) is 1.72. The molecule has 2 atom stereocenters. The molecule has 18 heavy (non-hydrogen) atoms. The summed E-state index contributed by atoms with van der Waals surface area (Å²) >= 11 is 0. The van der Waals surface area contributed by atoms with Crippen LogP contribution in [0.1, 0.15) is 12.8 Å². The zero-order valence-corrected chi connectivity index (χ0v) is 9.80. The zero-order valence-electron chi connectivity index (χ0n) is 9.80. The molecule has 2 heterocycles. The maximum atomic E-state index is 11.6. The molecule has 2 unspecified atom stereocenters. The molecule has 2 aliphatic heterocycles. The van der Waals surface area contributed by atoms with Gasteiger partial charge in [-0.25, -0.2) is 0 Å². The van der Waals surface area contributed by atoms with Crippen LogP contribution in [-0.4, -0.2) is 34.5 Å². The van der Waals surface area contributed by atoms with E-state index >= 15 is 0 Å². The van der Waals surface area contributed by atoms with Crippen molar-refractivity contribution in [1.29, 1.82) is 0 Å². The summed E-state index contributed by atoms with van der Waals surface area (Å²) in [6, 6.07) is 0.0227. The number of rotatable bonds is 2. The molecule has 0 aromatic carbocycles. The van der Waals surface area contributed by atoms with Crippen molar-refractivity contribution >= 4 is 11.9 Å². The standard InChI is InChI=1S/C13H14N2O3/c16-11-5-4-8-6-15(7-12(17)18)10-3-1-2-9(14-11)13(8)10/h1-3,6,10,13H,4-5,7H2,(H,14,16)(H,17,18). The lowest BCUT2D eigenvalue weighted by Gasteiger charge is -2.29. The van der Waals surface area contributed by atoms with E-state index in [0.29, 0.717) is 12.8 Å². The number of carbonyl (C=O) groups is 2. The van der Waals surface area contributed by atoms with Crippen LogP contribution in [0.5, 0.6) is 0 Å². The lowest BCUT2D eigenvalue weighted by atomic mass is 9.87. The van der Waals surface area contributed by atoms with E-state index in [0.717, 1.165) is 11.3 Å². The Morgan fingerprint density at radius 2 is 2.33 bits per heavy atom. The second-order valence-corrected chi connectivity index (χ2v) is 4.79. The highest BCUT2D eigenvalue weighted by atomic mass is 16.4. The van der Waals surface area contributed by atoms with E-state index in [9.17, 15) is 9.59 Å². The Labute approximate surface area is 104 Å². The minimum Gasteiger partial charge on any atom is -0.480 e. The third-order valence-electron chi connectivity index (χ3n) is 3.62. The van der Waals surface area contributed by atoms with Gasteiger partial charge in [-0.1, -0.05) is 12.2 Å². The van der Waals surface area contributed by atoms with Crippen LogP contribution in [-0.2, 0) is 9.59 Å². The van der Waals surface area contributed by atoms with Gasteiger partial charge in [0.15, 0.2) is 0 Å². The molecule has 3 rings (SSSR count). The fourth-order valence-corrected chi connectivity index (χ4v) is 2.90. The number of allylic oxidation sites excluding steroid dienone is 2. The van der Waals surface area contributed by atoms with Gasteiger partial charge in [0.25, 0.3) is 0 Å². The fraction of sp³-hybridized carbons (Fsp3) is 0.385. The van der Waals surface area contributed by atoms with Gasteiger partial charge in [-0.15, -0.1) is 0 Å². The van der Waals surface area contributed by atoms with Crippen LogP contribution in [0.15, 0.2) is 35.7 Å². The summed E-state index contributed by atoms with van der Waals surface area (Å²) in [5.74, 6) is -0.687. The molecular weight excluding hydrogens is 232 g/mol. The smallest absolute Gasteiger partial charge is 0.323 e. The predicted molar refractivity (Wildman–Crippen MR) is 64.3 cm³/mol. The summed E-state index contributed by atoms with van der Waals surface area (Å²) in [5.41, 5.74) is 2.04. The molecular formula is C13H14N2O3. The molecule has 0 spiro atoms. The number of aliphatic carboxylic acids is 1. The van der Waals surface area contributed by atoms with Gasteiger partial charge in [0.1, 0.15) is 6.54 Å². The van der Waals surface area contributed by atoms with E-state index < -0.39 is 5.97 Å². The quantitative estimate of drug-likeness (QED) is 0.749. The van der Waals surface area contributed by atoms with Crippen molar-refractivity contribution in [2.75, 3.05) is 6.54 Å². The highest BCUT2D eigenvalue weighted by Crippen LogP contribution is 2.39. The molecule has 0 aromatic heterocycles. The fourth-order valence-electron chi connectivity index (χ4n) is 2.90. The maximum Gasteiger partial charge on any atom is 0.323 e. The molecule has 5 nitrogen and oxygen atoms in total. The maximum absolute atomic E-state index is 11.6. The van der Waals surface area contributed by atoms with Crippen molar-refractivity contribution in [3.05, 3.63) is 35.7 Å². The van der Waals surface area contributed by atoms with Crippen LogP contribution in [0.3, 0.4) is 0 Å². The van der Waals surface area contributed by atoms with Crippen LogP contribution < -0.4 is 5.32 Å². The van der Waals surface area contributed by atoms with Crippen molar-refractivity contribution in [2.24, 2.45) is 5.92 Å². The van der Waals surface area contributed by atoms with Gasteiger partial charge in [-0.3, -0.25) is 9.59 Å². The van der Waals surface area contributed by atoms with E-state index in [-0.39, 0.29) is 24.4 Å². The number of carboxylic acid groups (broad SMARTS) is 1. The molecule has 1 fully saturated rings.